The lowest BCUT2D eigenvalue weighted by molar-refractivity contribution is 0.429. The maximum absolute atomic E-state index is 12.3. The first-order valence-corrected chi connectivity index (χ1v) is 7.89. The van der Waals surface area contributed by atoms with Crippen molar-refractivity contribution in [3.63, 3.8) is 0 Å². The van der Waals surface area contributed by atoms with Crippen molar-refractivity contribution in [2.45, 2.75) is 32.2 Å². The highest BCUT2D eigenvalue weighted by Gasteiger charge is 2.21. The van der Waals surface area contributed by atoms with Gasteiger partial charge in [-0.25, -0.2) is 0 Å². The number of nitrogens with zero attached hydrogens (tertiary/aromatic N) is 1. The van der Waals surface area contributed by atoms with Crippen LogP contribution in [-0.4, -0.2) is 30.7 Å². The Hall–Kier alpha value is -1.81. The number of piperidine rings is 1. The molecule has 0 bridgehead atoms. The molecular weight excluding hydrogens is 262 g/mol. The molecular formula is C17H23N3O. The van der Waals surface area contributed by atoms with E-state index in [4.69, 9.17) is 0 Å². The average molecular weight is 285 g/mol. The van der Waals surface area contributed by atoms with Crippen LogP contribution in [0.15, 0.2) is 35.1 Å². The molecule has 1 unspecified atom stereocenters. The quantitative estimate of drug-likeness (QED) is 0.907. The third kappa shape index (κ3) is 2.95. The van der Waals surface area contributed by atoms with E-state index in [1.807, 2.05) is 24.3 Å². The van der Waals surface area contributed by atoms with Crippen LogP contribution in [0, 0.1) is 0 Å². The van der Waals surface area contributed by atoms with Gasteiger partial charge in [-0.2, -0.15) is 0 Å². The van der Waals surface area contributed by atoms with Crippen LogP contribution in [0.5, 0.6) is 0 Å². The topological polar surface area (TPSA) is 48.1 Å². The predicted octanol–water partition coefficient (Wildman–Crippen LogP) is 2.50. The minimum Gasteiger partial charge on any atom is -0.354 e. The van der Waals surface area contributed by atoms with Crippen molar-refractivity contribution in [3.05, 3.63) is 40.7 Å². The van der Waals surface area contributed by atoms with E-state index in [9.17, 15) is 4.79 Å². The maximum atomic E-state index is 12.3. The summed E-state index contributed by atoms with van der Waals surface area (Å²) in [4.78, 5) is 17.7. The van der Waals surface area contributed by atoms with E-state index in [0.29, 0.717) is 6.04 Å². The summed E-state index contributed by atoms with van der Waals surface area (Å²) in [5, 5.41) is 5.24. The summed E-state index contributed by atoms with van der Waals surface area (Å²) in [6.07, 6.45) is 3.45. The fourth-order valence-corrected chi connectivity index (χ4v) is 3.19. The number of rotatable bonds is 4. The Labute approximate surface area is 125 Å². The second-order valence-corrected chi connectivity index (χ2v) is 5.76. The molecule has 4 heteroatoms. The number of aromatic nitrogens is 1. The Balaban J connectivity index is 2.00. The van der Waals surface area contributed by atoms with E-state index in [1.165, 1.54) is 12.8 Å². The number of pyridine rings is 1. The van der Waals surface area contributed by atoms with E-state index >= 15 is 0 Å². The molecule has 112 valence electrons. The summed E-state index contributed by atoms with van der Waals surface area (Å²) < 4.78 is 0. The molecule has 1 aromatic heterocycles. The van der Waals surface area contributed by atoms with Crippen LogP contribution in [0.3, 0.4) is 0 Å². The Kier molecular flexibility index (Phi) is 4.25. The molecule has 0 amide bonds. The zero-order valence-corrected chi connectivity index (χ0v) is 12.6. The first-order valence-electron chi connectivity index (χ1n) is 7.89. The van der Waals surface area contributed by atoms with Crippen LogP contribution in [0.1, 0.15) is 26.2 Å². The highest BCUT2D eigenvalue weighted by Crippen LogP contribution is 2.21. The van der Waals surface area contributed by atoms with Gasteiger partial charge in [-0.05, 0) is 43.3 Å². The van der Waals surface area contributed by atoms with Gasteiger partial charge in [0.05, 0.1) is 0 Å². The van der Waals surface area contributed by atoms with Gasteiger partial charge >= 0.3 is 0 Å². The molecule has 0 saturated carbocycles. The average Bonchev–Trinajstić information content (AvgIpc) is 2.53. The third-order valence-corrected chi connectivity index (χ3v) is 4.22. The van der Waals surface area contributed by atoms with Crippen molar-refractivity contribution in [1.82, 2.24) is 10.3 Å². The van der Waals surface area contributed by atoms with Gasteiger partial charge in [0.1, 0.15) is 5.82 Å². The van der Waals surface area contributed by atoms with Gasteiger partial charge in [0, 0.05) is 24.5 Å². The van der Waals surface area contributed by atoms with Crippen molar-refractivity contribution in [2.75, 3.05) is 24.5 Å². The lowest BCUT2D eigenvalue weighted by atomic mass is 10.0. The molecule has 0 spiro atoms. The van der Waals surface area contributed by atoms with Gasteiger partial charge in [0.25, 0.3) is 5.56 Å². The van der Waals surface area contributed by atoms with Gasteiger partial charge in [0.2, 0.25) is 0 Å². The highest BCUT2D eigenvalue weighted by molar-refractivity contribution is 5.83. The monoisotopic (exact) mass is 285 g/mol. The number of hydrogen-bond acceptors (Lipinski definition) is 3. The fraction of sp³-hybridized carbons (Fsp3) is 0.471. The first kappa shape index (κ1) is 14.1. The normalized spacial score (nSPS) is 18.8. The summed E-state index contributed by atoms with van der Waals surface area (Å²) in [7, 11) is 0. The standard InChI is InChI=1S/C17H23N3O/c1-2-10-20(14-7-5-9-18-12-14)16-11-13-6-3-4-8-15(13)17(21)19-16/h3-4,6,8,11,14,18H,2,5,7,9-10,12H2,1H3,(H,19,21). The summed E-state index contributed by atoms with van der Waals surface area (Å²) in [6.45, 7) is 5.25. The summed E-state index contributed by atoms with van der Waals surface area (Å²) in [5.74, 6) is 0.953. The minimum absolute atomic E-state index is 0.00738. The van der Waals surface area contributed by atoms with Gasteiger partial charge in [-0.15, -0.1) is 0 Å². The van der Waals surface area contributed by atoms with Crippen LogP contribution >= 0.6 is 0 Å². The Morgan fingerprint density at radius 3 is 2.95 bits per heavy atom. The highest BCUT2D eigenvalue weighted by atomic mass is 16.1. The zero-order valence-electron chi connectivity index (χ0n) is 12.6. The van der Waals surface area contributed by atoms with Crippen molar-refractivity contribution >= 4 is 16.6 Å². The summed E-state index contributed by atoms with van der Waals surface area (Å²) >= 11 is 0. The Bertz CT molecular complexity index is 658. The van der Waals surface area contributed by atoms with E-state index in [-0.39, 0.29) is 5.56 Å². The van der Waals surface area contributed by atoms with Crippen LogP contribution in [0.25, 0.3) is 10.8 Å². The smallest absolute Gasteiger partial charge is 0.257 e. The van der Waals surface area contributed by atoms with E-state index in [0.717, 1.165) is 42.6 Å². The van der Waals surface area contributed by atoms with E-state index in [1.54, 1.807) is 0 Å². The molecule has 0 radical (unpaired) electrons. The van der Waals surface area contributed by atoms with Crippen LogP contribution in [-0.2, 0) is 0 Å². The van der Waals surface area contributed by atoms with Crippen molar-refractivity contribution in [3.8, 4) is 0 Å². The molecule has 0 aliphatic carbocycles. The second kappa shape index (κ2) is 6.31. The molecule has 1 fully saturated rings. The number of nitrogens with one attached hydrogen (secondary N) is 2. The molecule has 21 heavy (non-hydrogen) atoms. The zero-order chi connectivity index (χ0) is 14.7. The summed E-state index contributed by atoms with van der Waals surface area (Å²) in [6, 6.07) is 10.4. The molecule has 4 nitrogen and oxygen atoms in total. The number of hydrogen-bond donors (Lipinski definition) is 2. The largest absolute Gasteiger partial charge is 0.354 e. The fourth-order valence-electron chi connectivity index (χ4n) is 3.19. The number of anilines is 1. The van der Waals surface area contributed by atoms with Crippen molar-refractivity contribution < 1.29 is 0 Å². The van der Waals surface area contributed by atoms with Gasteiger partial charge in [0.15, 0.2) is 0 Å². The van der Waals surface area contributed by atoms with Crippen molar-refractivity contribution in [2.24, 2.45) is 0 Å². The Morgan fingerprint density at radius 2 is 2.19 bits per heavy atom. The lowest BCUT2D eigenvalue weighted by Crippen LogP contribution is -2.47. The maximum Gasteiger partial charge on any atom is 0.257 e. The molecule has 1 aromatic carbocycles. The van der Waals surface area contributed by atoms with Gasteiger partial charge < -0.3 is 15.2 Å². The molecule has 1 saturated heterocycles. The minimum atomic E-state index is 0.00738. The van der Waals surface area contributed by atoms with E-state index < -0.39 is 0 Å². The van der Waals surface area contributed by atoms with Crippen molar-refractivity contribution in [1.29, 1.82) is 0 Å². The second-order valence-electron chi connectivity index (χ2n) is 5.76. The molecule has 2 heterocycles. The number of fused-ring (bicyclic) bond motifs is 1. The first-order chi connectivity index (χ1) is 10.3. The van der Waals surface area contributed by atoms with Crippen LogP contribution < -0.4 is 15.8 Å². The molecule has 1 atom stereocenters. The lowest BCUT2D eigenvalue weighted by Gasteiger charge is -2.36. The predicted molar refractivity (Wildman–Crippen MR) is 88.1 cm³/mol. The number of benzene rings is 1. The van der Waals surface area contributed by atoms with Crippen LogP contribution in [0.4, 0.5) is 5.82 Å². The molecule has 2 N–H and O–H groups in total. The third-order valence-electron chi connectivity index (χ3n) is 4.22. The number of H-pyrrole nitrogens is 1. The van der Waals surface area contributed by atoms with Gasteiger partial charge in [-0.1, -0.05) is 25.1 Å². The molecule has 2 aromatic rings. The summed E-state index contributed by atoms with van der Waals surface area (Å²) in [5.41, 5.74) is 0.00738. The van der Waals surface area contributed by atoms with Gasteiger partial charge in [-0.3, -0.25) is 4.79 Å². The molecule has 3 rings (SSSR count). The van der Waals surface area contributed by atoms with E-state index in [2.05, 4.69) is 28.2 Å². The molecule has 1 aliphatic heterocycles. The SMILES string of the molecule is CCCN(c1cc2ccccc2c(=O)[nH]1)C1CCCNC1. The molecule has 1 aliphatic rings. The van der Waals surface area contributed by atoms with Crippen LogP contribution in [0.2, 0.25) is 0 Å². The number of aromatic amines is 1. The Morgan fingerprint density at radius 1 is 1.33 bits per heavy atom.